The van der Waals surface area contributed by atoms with Crippen molar-refractivity contribution in [2.45, 2.75) is 11.8 Å². The Labute approximate surface area is 155 Å². The first-order valence-corrected chi connectivity index (χ1v) is 6.76. The number of rotatable bonds is 3. The molecule has 0 amide bonds. The number of nitrogens with one attached hydrogen (secondary N) is 1. The molecule has 0 spiro atoms. The summed E-state index contributed by atoms with van der Waals surface area (Å²) in [6, 6.07) is 13.5. The fourth-order valence-corrected chi connectivity index (χ4v) is 2.21. The molecule has 6 heteroatoms. The number of hydrogen-bond donors (Lipinski definition) is 1. The maximum atomic E-state index is 11.1. The summed E-state index contributed by atoms with van der Waals surface area (Å²) in [5, 5.41) is 2.93. The van der Waals surface area contributed by atoms with Gasteiger partial charge in [-0.15, -0.1) is 0 Å². The Morgan fingerprint density at radius 1 is 1.00 bits per heavy atom. The third-order valence-electron chi connectivity index (χ3n) is 2.49. The molecule has 1 N–H and O–H groups in total. The van der Waals surface area contributed by atoms with Gasteiger partial charge in [0.15, 0.2) is 0 Å². The van der Waals surface area contributed by atoms with E-state index in [1.165, 1.54) is 12.1 Å². The molecule has 94 valence electrons. The van der Waals surface area contributed by atoms with Crippen LogP contribution in [-0.4, -0.2) is 13.0 Å². The molecule has 4 nitrogen and oxygen atoms in total. The van der Waals surface area contributed by atoms with Crippen molar-refractivity contribution in [1.82, 2.24) is 0 Å². The Hall–Kier alpha value is -0.214. The van der Waals surface area contributed by atoms with Gasteiger partial charge in [0, 0.05) is 5.69 Å². The SMILES string of the molecule is Cc1ccc(Nc2ccccc2S(=O)(=O)[O-])cc1.[K+]. The van der Waals surface area contributed by atoms with E-state index >= 15 is 0 Å². The van der Waals surface area contributed by atoms with Crippen LogP contribution in [0.1, 0.15) is 5.56 Å². The summed E-state index contributed by atoms with van der Waals surface area (Å²) < 4.78 is 33.3. The Bertz CT molecular complexity index is 654. The van der Waals surface area contributed by atoms with Crippen molar-refractivity contribution in [2.24, 2.45) is 0 Å². The second-order valence-corrected chi connectivity index (χ2v) is 5.29. The average molecular weight is 301 g/mol. The zero-order chi connectivity index (χ0) is 13.2. The molecular weight excluding hydrogens is 289 g/mol. The van der Waals surface area contributed by atoms with Gasteiger partial charge in [-0.25, -0.2) is 8.42 Å². The molecule has 0 saturated carbocycles. The molecule has 2 rings (SSSR count). The summed E-state index contributed by atoms with van der Waals surface area (Å²) in [6.07, 6.45) is 0. The van der Waals surface area contributed by atoms with Gasteiger partial charge >= 0.3 is 51.4 Å². The summed E-state index contributed by atoms with van der Waals surface area (Å²) in [7, 11) is -4.47. The third kappa shape index (κ3) is 4.68. The molecule has 2 aromatic rings. The molecule has 0 saturated heterocycles. The van der Waals surface area contributed by atoms with Gasteiger partial charge in [0.05, 0.1) is 10.6 Å². The van der Waals surface area contributed by atoms with Crippen molar-refractivity contribution in [2.75, 3.05) is 5.32 Å². The van der Waals surface area contributed by atoms with Gasteiger partial charge in [-0.3, -0.25) is 0 Å². The molecule has 0 aliphatic carbocycles. The smallest absolute Gasteiger partial charge is 0.744 e. The van der Waals surface area contributed by atoms with Gasteiger partial charge < -0.3 is 9.87 Å². The van der Waals surface area contributed by atoms with Crippen LogP contribution >= 0.6 is 0 Å². The molecule has 0 aromatic heterocycles. The first kappa shape index (κ1) is 16.8. The number of anilines is 2. The third-order valence-corrected chi connectivity index (χ3v) is 3.38. The first-order chi connectivity index (χ1) is 8.47. The van der Waals surface area contributed by atoms with E-state index in [9.17, 15) is 13.0 Å². The summed E-state index contributed by atoms with van der Waals surface area (Å²) in [5.74, 6) is 0. The van der Waals surface area contributed by atoms with Crippen LogP contribution in [-0.2, 0) is 10.1 Å². The van der Waals surface area contributed by atoms with Crippen molar-refractivity contribution >= 4 is 21.5 Å². The van der Waals surface area contributed by atoms with Crippen LogP contribution in [0.25, 0.3) is 0 Å². The van der Waals surface area contributed by atoms with Crippen LogP contribution in [0.5, 0.6) is 0 Å². The van der Waals surface area contributed by atoms with Crippen LogP contribution in [0.4, 0.5) is 11.4 Å². The van der Waals surface area contributed by atoms with E-state index in [0.29, 0.717) is 0 Å². The molecule has 19 heavy (non-hydrogen) atoms. The fraction of sp³-hybridized carbons (Fsp3) is 0.0769. The first-order valence-electron chi connectivity index (χ1n) is 5.35. The minimum absolute atomic E-state index is 0. The summed E-state index contributed by atoms with van der Waals surface area (Å²) in [4.78, 5) is -0.245. The zero-order valence-electron chi connectivity index (χ0n) is 10.8. The van der Waals surface area contributed by atoms with E-state index in [2.05, 4.69) is 5.32 Å². The van der Waals surface area contributed by atoms with E-state index in [4.69, 9.17) is 0 Å². The van der Waals surface area contributed by atoms with Gasteiger partial charge in [-0.1, -0.05) is 29.8 Å². The van der Waals surface area contributed by atoms with Crippen LogP contribution in [0.15, 0.2) is 53.4 Å². The van der Waals surface area contributed by atoms with Gasteiger partial charge in [0.1, 0.15) is 10.1 Å². The molecule has 2 aromatic carbocycles. The van der Waals surface area contributed by atoms with Crippen molar-refractivity contribution in [1.29, 1.82) is 0 Å². The molecule has 0 aliphatic heterocycles. The average Bonchev–Trinajstić information content (AvgIpc) is 2.31. The number of hydrogen-bond acceptors (Lipinski definition) is 4. The van der Waals surface area contributed by atoms with Crippen LogP contribution in [0.3, 0.4) is 0 Å². The molecule has 0 radical (unpaired) electrons. The zero-order valence-corrected chi connectivity index (χ0v) is 14.7. The molecule has 0 atom stereocenters. The maximum absolute atomic E-state index is 11.1. The standard InChI is InChI=1S/C13H13NO3S.K/c1-10-6-8-11(9-7-10)14-12-4-2-3-5-13(12)18(15,16)17;/h2-9,14H,1H3,(H,15,16,17);/q;+1/p-1. The van der Waals surface area contributed by atoms with Crippen LogP contribution in [0.2, 0.25) is 0 Å². The van der Waals surface area contributed by atoms with Crippen molar-refractivity contribution in [3.8, 4) is 0 Å². The van der Waals surface area contributed by atoms with Gasteiger partial charge in [-0.05, 0) is 31.2 Å². The van der Waals surface area contributed by atoms with E-state index in [1.807, 2.05) is 31.2 Å². The monoisotopic (exact) mass is 301 g/mol. The number of benzene rings is 2. The summed E-state index contributed by atoms with van der Waals surface area (Å²) >= 11 is 0. The summed E-state index contributed by atoms with van der Waals surface area (Å²) in [6.45, 7) is 1.96. The van der Waals surface area contributed by atoms with Crippen molar-refractivity contribution in [3.05, 3.63) is 54.1 Å². The maximum Gasteiger partial charge on any atom is 1.00 e. The fourth-order valence-electron chi connectivity index (χ4n) is 1.58. The van der Waals surface area contributed by atoms with Gasteiger partial charge in [0.25, 0.3) is 0 Å². The van der Waals surface area contributed by atoms with Crippen molar-refractivity contribution < 1.29 is 64.4 Å². The summed E-state index contributed by atoms with van der Waals surface area (Å²) in [5.41, 5.74) is 2.12. The topological polar surface area (TPSA) is 69.2 Å². The van der Waals surface area contributed by atoms with Gasteiger partial charge in [-0.2, -0.15) is 0 Å². The molecule has 0 fully saturated rings. The van der Waals surface area contributed by atoms with Crippen LogP contribution in [0, 0.1) is 6.92 Å². The molecule has 0 heterocycles. The number of para-hydroxylation sites is 1. The Balaban J connectivity index is 0.00000180. The normalized spacial score (nSPS) is 10.6. The largest absolute Gasteiger partial charge is 1.00 e. The van der Waals surface area contributed by atoms with Crippen LogP contribution < -0.4 is 56.7 Å². The quantitative estimate of drug-likeness (QED) is 0.621. The Morgan fingerprint density at radius 2 is 1.58 bits per heavy atom. The van der Waals surface area contributed by atoms with E-state index < -0.39 is 10.1 Å². The second-order valence-electron chi connectivity index (χ2n) is 3.94. The van der Waals surface area contributed by atoms with E-state index in [0.717, 1.165) is 11.3 Å². The Morgan fingerprint density at radius 3 is 2.16 bits per heavy atom. The van der Waals surface area contributed by atoms with Gasteiger partial charge in [0.2, 0.25) is 0 Å². The molecule has 0 aliphatic rings. The molecule has 0 unspecified atom stereocenters. The number of aryl methyl sites for hydroxylation is 1. The minimum atomic E-state index is -4.47. The molecule has 0 bridgehead atoms. The predicted molar refractivity (Wildman–Crippen MR) is 68.9 cm³/mol. The second kappa shape index (κ2) is 6.99. The van der Waals surface area contributed by atoms with E-state index in [-0.39, 0.29) is 62.0 Å². The van der Waals surface area contributed by atoms with E-state index in [1.54, 1.807) is 12.1 Å². The van der Waals surface area contributed by atoms with Crippen molar-refractivity contribution in [3.63, 3.8) is 0 Å². The minimum Gasteiger partial charge on any atom is -0.744 e. The predicted octanol–water partition coefficient (Wildman–Crippen LogP) is -0.353. The molecular formula is C13H12KNO3S. The Kier molecular flexibility index (Phi) is 6.19.